The molecular weight excluding hydrogens is 434 g/mol. The van der Waals surface area contributed by atoms with Crippen LogP contribution in [0, 0.1) is 5.92 Å². The van der Waals surface area contributed by atoms with Crippen LogP contribution in [-0.2, 0) is 13.1 Å². The van der Waals surface area contributed by atoms with Gasteiger partial charge in [-0.05, 0) is 48.2 Å². The van der Waals surface area contributed by atoms with E-state index in [1.165, 1.54) is 13.6 Å². The molecule has 0 fully saturated rings. The fourth-order valence-corrected chi connectivity index (χ4v) is 3.93. The van der Waals surface area contributed by atoms with E-state index >= 15 is 0 Å². The Bertz CT molecular complexity index is 1480. The number of hydrogen-bond acceptors (Lipinski definition) is 5. The van der Waals surface area contributed by atoms with E-state index in [4.69, 9.17) is 4.74 Å². The van der Waals surface area contributed by atoms with E-state index in [0.29, 0.717) is 47.6 Å². The molecule has 178 valence electrons. The van der Waals surface area contributed by atoms with Crippen LogP contribution in [0.2, 0.25) is 0 Å². The topological polar surface area (TPSA) is 99.6 Å². The number of nitrogens with one attached hydrogen (secondary N) is 1. The third-order valence-electron chi connectivity index (χ3n) is 5.62. The van der Waals surface area contributed by atoms with Crippen LogP contribution in [0.4, 0.5) is 0 Å². The maximum absolute atomic E-state index is 13.5. The molecular formula is C25H29N5O4. The number of methoxy groups -OCH3 is 1. The minimum atomic E-state index is -0.382. The Labute approximate surface area is 196 Å². The number of aryl methyl sites for hydroxylation is 1. The van der Waals surface area contributed by atoms with E-state index in [9.17, 15) is 14.4 Å². The van der Waals surface area contributed by atoms with Crippen LogP contribution >= 0.6 is 0 Å². The van der Waals surface area contributed by atoms with Crippen LogP contribution in [-0.4, -0.2) is 38.3 Å². The first-order chi connectivity index (χ1) is 16.3. The van der Waals surface area contributed by atoms with Gasteiger partial charge in [0.2, 0.25) is 5.78 Å². The average Bonchev–Trinajstić information content (AvgIpc) is 3.15. The van der Waals surface area contributed by atoms with Crippen molar-refractivity contribution in [1.82, 2.24) is 24.1 Å². The Morgan fingerprint density at radius 2 is 1.94 bits per heavy atom. The molecule has 1 N–H and O–H groups in total. The third-order valence-corrected chi connectivity index (χ3v) is 5.62. The zero-order valence-corrected chi connectivity index (χ0v) is 19.9. The summed E-state index contributed by atoms with van der Waals surface area (Å²) in [5.41, 5.74) is 0.970. The van der Waals surface area contributed by atoms with Crippen molar-refractivity contribution < 1.29 is 9.53 Å². The van der Waals surface area contributed by atoms with Crippen molar-refractivity contribution in [3.63, 3.8) is 0 Å². The molecule has 9 heteroatoms. The molecule has 0 radical (unpaired) electrons. The number of carbonyl (C=O) groups is 1. The molecule has 0 unspecified atom stereocenters. The van der Waals surface area contributed by atoms with Gasteiger partial charge in [0.05, 0.1) is 24.6 Å². The predicted octanol–water partition coefficient (Wildman–Crippen LogP) is 2.66. The molecule has 2 aromatic carbocycles. The highest BCUT2D eigenvalue weighted by Crippen LogP contribution is 2.16. The standard InChI is InChI=1S/C25H29N5O4/c1-5-11-28-23(32)20-10-9-18(22(31)26-14-16(2)3)13-21(20)30-24(28)27-29(25(30)33)15-17-7-6-8-19(12-17)34-4/h6-10,12-13,16H,5,11,14-15H2,1-4H3,(H,26,31). The van der Waals surface area contributed by atoms with Crippen molar-refractivity contribution in [2.45, 2.75) is 40.3 Å². The number of carbonyl (C=O) groups excluding carboxylic acids is 1. The molecule has 0 saturated carbocycles. The predicted molar refractivity (Wildman–Crippen MR) is 131 cm³/mol. The highest BCUT2D eigenvalue weighted by molar-refractivity contribution is 5.98. The molecule has 2 aromatic heterocycles. The monoisotopic (exact) mass is 463 g/mol. The van der Waals surface area contributed by atoms with E-state index in [1.54, 1.807) is 25.3 Å². The molecule has 9 nitrogen and oxygen atoms in total. The minimum absolute atomic E-state index is 0.216. The van der Waals surface area contributed by atoms with Crippen LogP contribution in [0.1, 0.15) is 43.1 Å². The summed E-state index contributed by atoms with van der Waals surface area (Å²) in [5, 5.41) is 7.76. The van der Waals surface area contributed by atoms with Crippen LogP contribution in [0.5, 0.6) is 5.75 Å². The maximum Gasteiger partial charge on any atom is 0.352 e. The first-order valence-electron chi connectivity index (χ1n) is 11.4. The molecule has 0 saturated heterocycles. The quantitative estimate of drug-likeness (QED) is 0.433. The largest absolute Gasteiger partial charge is 0.497 e. The van der Waals surface area contributed by atoms with Gasteiger partial charge in [-0.15, -0.1) is 5.10 Å². The highest BCUT2D eigenvalue weighted by atomic mass is 16.5. The molecule has 0 aliphatic rings. The van der Waals surface area contributed by atoms with E-state index < -0.39 is 0 Å². The Kier molecular flexibility index (Phi) is 6.54. The fraction of sp³-hybridized carbons (Fsp3) is 0.360. The van der Waals surface area contributed by atoms with E-state index in [1.807, 2.05) is 45.0 Å². The van der Waals surface area contributed by atoms with Crippen LogP contribution in [0.3, 0.4) is 0 Å². The summed E-state index contributed by atoms with van der Waals surface area (Å²) < 4.78 is 9.55. The highest BCUT2D eigenvalue weighted by Gasteiger charge is 2.19. The summed E-state index contributed by atoms with van der Waals surface area (Å²) in [4.78, 5) is 39.4. The van der Waals surface area contributed by atoms with Crippen molar-refractivity contribution >= 4 is 22.6 Å². The van der Waals surface area contributed by atoms with Crippen molar-refractivity contribution in [1.29, 1.82) is 0 Å². The van der Waals surface area contributed by atoms with Crippen molar-refractivity contribution in [3.8, 4) is 5.75 Å². The zero-order valence-electron chi connectivity index (χ0n) is 19.9. The SMILES string of the molecule is CCCn1c(=O)c2ccc(C(=O)NCC(C)C)cc2n2c(=O)n(Cc3cccc(OC)c3)nc12. The summed E-state index contributed by atoms with van der Waals surface area (Å²) in [6.07, 6.45) is 0.702. The van der Waals surface area contributed by atoms with Gasteiger partial charge in [-0.3, -0.25) is 14.2 Å². The van der Waals surface area contributed by atoms with Gasteiger partial charge >= 0.3 is 5.69 Å². The molecule has 1 amide bonds. The molecule has 4 rings (SSSR count). The van der Waals surface area contributed by atoms with E-state index in [-0.39, 0.29) is 29.5 Å². The Morgan fingerprint density at radius 1 is 1.15 bits per heavy atom. The lowest BCUT2D eigenvalue weighted by molar-refractivity contribution is 0.0949. The minimum Gasteiger partial charge on any atom is -0.497 e. The molecule has 0 aliphatic heterocycles. The number of nitrogens with zero attached hydrogens (tertiary/aromatic N) is 4. The molecule has 0 spiro atoms. The lowest BCUT2D eigenvalue weighted by Crippen LogP contribution is -2.29. The Balaban J connectivity index is 1.91. The number of hydrogen-bond donors (Lipinski definition) is 1. The van der Waals surface area contributed by atoms with Crippen molar-refractivity contribution in [3.05, 3.63) is 74.4 Å². The zero-order chi connectivity index (χ0) is 24.4. The second-order valence-electron chi connectivity index (χ2n) is 8.72. The van der Waals surface area contributed by atoms with Gasteiger partial charge in [-0.1, -0.05) is 32.9 Å². The maximum atomic E-state index is 13.5. The number of benzene rings is 2. The summed E-state index contributed by atoms with van der Waals surface area (Å²) >= 11 is 0. The van der Waals surface area contributed by atoms with Gasteiger partial charge < -0.3 is 10.1 Å². The van der Waals surface area contributed by atoms with Gasteiger partial charge in [0.15, 0.2) is 0 Å². The number of ether oxygens (including phenoxy) is 1. The molecule has 4 aromatic rings. The summed E-state index contributed by atoms with van der Waals surface area (Å²) in [7, 11) is 1.58. The summed E-state index contributed by atoms with van der Waals surface area (Å²) in [6, 6.07) is 12.2. The van der Waals surface area contributed by atoms with Crippen molar-refractivity contribution in [2.24, 2.45) is 5.92 Å². The smallest absolute Gasteiger partial charge is 0.352 e. The molecule has 0 aliphatic carbocycles. The van der Waals surface area contributed by atoms with Gasteiger partial charge in [0.1, 0.15) is 5.75 Å². The second kappa shape index (κ2) is 9.54. The lowest BCUT2D eigenvalue weighted by atomic mass is 10.1. The van der Waals surface area contributed by atoms with Crippen LogP contribution in [0.15, 0.2) is 52.1 Å². The average molecular weight is 464 g/mol. The van der Waals surface area contributed by atoms with Gasteiger partial charge in [0.25, 0.3) is 11.5 Å². The van der Waals surface area contributed by atoms with E-state index in [2.05, 4.69) is 10.4 Å². The Morgan fingerprint density at radius 3 is 2.65 bits per heavy atom. The normalized spacial score (nSPS) is 11.4. The lowest BCUT2D eigenvalue weighted by Gasteiger charge is -2.11. The number of fused-ring (bicyclic) bond motifs is 3. The third kappa shape index (κ3) is 4.33. The van der Waals surface area contributed by atoms with Crippen LogP contribution < -0.4 is 21.3 Å². The first kappa shape index (κ1) is 23.3. The van der Waals surface area contributed by atoms with Crippen molar-refractivity contribution in [2.75, 3.05) is 13.7 Å². The number of aromatic nitrogens is 4. The van der Waals surface area contributed by atoms with Gasteiger partial charge in [-0.25, -0.2) is 13.9 Å². The molecule has 34 heavy (non-hydrogen) atoms. The number of rotatable bonds is 8. The first-order valence-corrected chi connectivity index (χ1v) is 11.4. The summed E-state index contributed by atoms with van der Waals surface area (Å²) in [6.45, 7) is 7.15. The van der Waals surface area contributed by atoms with Gasteiger partial charge in [0, 0.05) is 18.7 Å². The van der Waals surface area contributed by atoms with Gasteiger partial charge in [-0.2, -0.15) is 0 Å². The molecule has 2 heterocycles. The second-order valence-corrected chi connectivity index (χ2v) is 8.72. The fourth-order valence-electron chi connectivity index (χ4n) is 3.93. The number of amides is 1. The van der Waals surface area contributed by atoms with Crippen LogP contribution in [0.25, 0.3) is 16.7 Å². The summed E-state index contributed by atoms with van der Waals surface area (Å²) in [5.74, 6) is 0.986. The Hall–Kier alpha value is -3.88. The van der Waals surface area contributed by atoms with E-state index in [0.717, 1.165) is 5.56 Å². The molecule has 0 bridgehead atoms. The molecule has 0 atom stereocenters.